The molecule has 0 aliphatic carbocycles. The first-order chi connectivity index (χ1) is 8.15. The third-order valence-electron chi connectivity index (χ3n) is 2.11. The molecule has 0 unspecified atom stereocenters. The molecule has 4 nitrogen and oxygen atoms in total. The minimum atomic E-state index is -0.306. The molecule has 0 saturated heterocycles. The fraction of sp³-hybridized carbons (Fsp3) is 0. The molecule has 3 N–H and O–H groups in total. The van der Waals surface area contributed by atoms with E-state index in [0.29, 0.717) is 16.5 Å². The third-order valence-corrected chi connectivity index (χ3v) is 2.36. The highest BCUT2D eigenvalue weighted by molar-refractivity contribution is 6.30. The zero-order chi connectivity index (χ0) is 12.3. The Labute approximate surface area is 103 Å². The molecule has 0 bridgehead atoms. The summed E-state index contributed by atoms with van der Waals surface area (Å²) in [5.41, 5.74) is 6.43. The molecule has 86 valence electrons. The number of nitrogens with zero attached hydrogens (tertiary/aromatic N) is 1. The zero-order valence-corrected chi connectivity index (χ0v) is 9.61. The van der Waals surface area contributed by atoms with E-state index in [1.165, 1.54) is 0 Å². The summed E-state index contributed by atoms with van der Waals surface area (Å²) in [4.78, 5) is 15.7. The lowest BCUT2D eigenvalue weighted by molar-refractivity contribution is 0.102. The van der Waals surface area contributed by atoms with E-state index in [2.05, 4.69) is 10.3 Å². The van der Waals surface area contributed by atoms with E-state index in [1.807, 2.05) is 0 Å². The van der Waals surface area contributed by atoms with Gasteiger partial charge >= 0.3 is 0 Å². The van der Waals surface area contributed by atoms with E-state index < -0.39 is 0 Å². The van der Waals surface area contributed by atoms with Crippen molar-refractivity contribution in [3.8, 4) is 0 Å². The molecule has 1 aromatic carbocycles. The van der Waals surface area contributed by atoms with Crippen LogP contribution in [0.1, 0.15) is 10.5 Å². The zero-order valence-electron chi connectivity index (χ0n) is 8.85. The molecular formula is C12H10ClN3O. The van der Waals surface area contributed by atoms with Gasteiger partial charge in [-0.25, -0.2) is 4.98 Å². The predicted molar refractivity (Wildman–Crippen MR) is 68.1 cm³/mol. The van der Waals surface area contributed by atoms with Gasteiger partial charge in [-0.1, -0.05) is 17.7 Å². The predicted octanol–water partition coefficient (Wildman–Crippen LogP) is 2.57. The fourth-order valence-corrected chi connectivity index (χ4v) is 1.43. The Morgan fingerprint density at radius 3 is 2.53 bits per heavy atom. The van der Waals surface area contributed by atoms with Gasteiger partial charge in [0.2, 0.25) is 0 Å². The topological polar surface area (TPSA) is 68.0 Å². The van der Waals surface area contributed by atoms with E-state index in [-0.39, 0.29) is 11.6 Å². The number of nitrogens with one attached hydrogen (secondary N) is 1. The summed E-state index contributed by atoms with van der Waals surface area (Å²) in [6.45, 7) is 0. The lowest BCUT2D eigenvalue weighted by atomic mass is 10.3. The lowest BCUT2D eigenvalue weighted by Gasteiger charge is -2.04. The van der Waals surface area contributed by atoms with Crippen LogP contribution in [0, 0.1) is 0 Å². The summed E-state index contributed by atoms with van der Waals surface area (Å²) in [5, 5.41) is 3.31. The molecule has 1 aromatic heterocycles. The molecule has 1 amide bonds. The highest BCUT2D eigenvalue weighted by Gasteiger charge is 2.07. The van der Waals surface area contributed by atoms with Gasteiger partial charge in [0.25, 0.3) is 5.91 Å². The first kappa shape index (κ1) is 11.4. The summed E-state index contributed by atoms with van der Waals surface area (Å²) in [6.07, 6.45) is 0. The standard InChI is InChI=1S/C12H10ClN3O/c13-8-4-6-9(7-5-8)15-12(17)10-2-1-3-11(14)16-10/h1-7H,(H2,14,16)(H,15,17). The molecule has 5 heteroatoms. The monoisotopic (exact) mass is 247 g/mol. The average Bonchev–Trinajstić information content (AvgIpc) is 2.32. The minimum Gasteiger partial charge on any atom is -0.384 e. The second-order valence-electron chi connectivity index (χ2n) is 3.41. The summed E-state index contributed by atoms with van der Waals surface area (Å²) >= 11 is 5.74. The number of halogens is 1. The van der Waals surface area contributed by atoms with Crippen LogP contribution in [0.3, 0.4) is 0 Å². The van der Waals surface area contributed by atoms with Gasteiger partial charge in [0.1, 0.15) is 11.5 Å². The third kappa shape index (κ3) is 2.95. The number of anilines is 2. The van der Waals surface area contributed by atoms with Gasteiger partial charge in [0.05, 0.1) is 0 Å². The van der Waals surface area contributed by atoms with Crippen molar-refractivity contribution in [3.05, 3.63) is 53.2 Å². The molecule has 0 radical (unpaired) electrons. The van der Waals surface area contributed by atoms with E-state index in [1.54, 1.807) is 42.5 Å². The molecule has 0 saturated carbocycles. The largest absolute Gasteiger partial charge is 0.384 e. The molecule has 0 aliphatic rings. The van der Waals surface area contributed by atoms with Crippen molar-refractivity contribution in [2.24, 2.45) is 0 Å². The molecule has 2 aromatic rings. The van der Waals surface area contributed by atoms with Crippen LogP contribution in [0.5, 0.6) is 0 Å². The van der Waals surface area contributed by atoms with Gasteiger partial charge in [-0.3, -0.25) is 4.79 Å². The highest BCUT2D eigenvalue weighted by Crippen LogP contribution is 2.14. The van der Waals surface area contributed by atoms with Crippen LogP contribution in [0.25, 0.3) is 0 Å². The Morgan fingerprint density at radius 2 is 1.88 bits per heavy atom. The maximum absolute atomic E-state index is 11.8. The number of nitrogen functional groups attached to an aromatic ring is 1. The van der Waals surface area contributed by atoms with Crippen molar-refractivity contribution in [2.45, 2.75) is 0 Å². The van der Waals surface area contributed by atoms with Crippen LogP contribution in [0.2, 0.25) is 5.02 Å². The van der Waals surface area contributed by atoms with Crippen molar-refractivity contribution in [1.29, 1.82) is 0 Å². The molecule has 0 spiro atoms. The normalized spacial score (nSPS) is 9.94. The molecule has 0 atom stereocenters. The van der Waals surface area contributed by atoms with Crippen molar-refractivity contribution in [1.82, 2.24) is 4.98 Å². The van der Waals surface area contributed by atoms with Crippen LogP contribution in [0.4, 0.5) is 11.5 Å². The number of pyridine rings is 1. The van der Waals surface area contributed by atoms with Crippen molar-refractivity contribution in [2.75, 3.05) is 11.1 Å². The fourth-order valence-electron chi connectivity index (χ4n) is 1.31. The maximum atomic E-state index is 11.8. The van der Waals surface area contributed by atoms with Gasteiger partial charge < -0.3 is 11.1 Å². The number of aromatic nitrogens is 1. The van der Waals surface area contributed by atoms with Crippen LogP contribution in [0.15, 0.2) is 42.5 Å². The number of hydrogen-bond acceptors (Lipinski definition) is 3. The quantitative estimate of drug-likeness (QED) is 0.857. The van der Waals surface area contributed by atoms with Crippen LogP contribution < -0.4 is 11.1 Å². The number of amides is 1. The molecule has 1 heterocycles. The molecular weight excluding hydrogens is 238 g/mol. The number of nitrogens with two attached hydrogens (primary N) is 1. The Balaban J connectivity index is 2.14. The summed E-state index contributed by atoms with van der Waals surface area (Å²) in [5.74, 6) is 0.00776. The number of carbonyl (C=O) groups is 1. The number of hydrogen-bond donors (Lipinski definition) is 2. The highest BCUT2D eigenvalue weighted by atomic mass is 35.5. The Morgan fingerprint density at radius 1 is 1.18 bits per heavy atom. The number of rotatable bonds is 2. The Bertz CT molecular complexity index is 540. The first-order valence-electron chi connectivity index (χ1n) is 4.94. The van der Waals surface area contributed by atoms with E-state index >= 15 is 0 Å². The molecule has 0 aliphatic heterocycles. The Kier molecular flexibility index (Phi) is 3.25. The summed E-state index contributed by atoms with van der Waals surface area (Å²) in [6, 6.07) is 11.7. The van der Waals surface area contributed by atoms with E-state index in [0.717, 1.165) is 0 Å². The van der Waals surface area contributed by atoms with Gasteiger partial charge in [0.15, 0.2) is 0 Å². The first-order valence-corrected chi connectivity index (χ1v) is 5.32. The van der Waals surface area contributed by atoms with Gasteiger partial charge in [-0.2, -0.15) is 0 Å². The number of benzene rings is 1. The smallest absolute Gasteiger partial charge is 0.274 e. The summed E-state index contributed by atoms with van der Waals surface area (Å²) < 4.78 is 0. The second-order valence-corrected chi connectivity index (χ2v) is 3.85. The lowest BCUT2D eigenvalue weighted by Crippen LogP contribution is -2.14. The Hall–Kier alpha value is -2.07. The van der Waals surface area contributed by atoms with Crippen LogP contribution in [-0.4, -0.2) is 10.9 Å². The van der Waals surface area contributed by atoms with Gasteiger partial charge in [-0.05, 0) is 36.4 Å². The molecule has 17 heavy (non-hydrogen) atoms. The van der Waals surface area contributed by atoms with Crippen LogP contribution in [-0.2, 0) is 0 Å². The van der Waals surface area contributed by atoms with E-state index in [9.17, 15) is 4.79 Å². The molecule has 0 fully saturated rings. The van der Waals surface area contributed by atoms with Crippen molar-refractivity contribution in [3.63, 3.8) is 0 Å². The van der Waals surface area contributed by atoms with Gasteiger partial charge in [0, 0.05) is 10.7 Å². The summed E-state index contributed by atoms with van der Waals surface area (Å²) in [7, 11) is 0. The number of carbonyl (C=O) groups excluding carboxylic acids is 1. The van der Waals surface area contributed by atoms with Gasteiger partial charge in [-0.15, -0.1) is 0 Å². The maximum Gasteiger partial charge on any atom is 0.274 e. The van der Waals surface area contributed by atoms with Crippen molar-refractivity contribution >= 4 is 29.0 Å². The molecule has 2 rings (SSSR count). The van der Waals surface area contributed by atoms with Crippen molar-refractivity contribution < 1.29 is 4.79 Å². The van der Waals surface area contributed by atoms with Crippen LogP contribution >= 0.6 is 11.6 Å². The second kappa shape index (κ2) is 4.84. The average molecular weight is 248 g/mol. The SMILES string of the molecule is Nc1cccc(C(=O)Nc2ccc(Cl)cc2)n1. The van der Waals surface area contributed by atoms with E-state index in [4.69, 9.17) is 17.3 Å². The minimum absolute atomic E-state index is 0.278.